The van der Waals surface area contributed by atoms with Crippen LogP contribution in [0.2, 0.25) is 0 Å². The van der Waals surface area contributed by atoms with Crippen LogP contribution in [0.4, 0.5) is 0 Å². The fourth-order valence-electron chi connectivity index (χ4n) is 11.2. The number of primary amides is 4. The van der Waals surface area contributed by atoms with Gasteiger partial charge in [0.05, 0.1) is 38.1 Å². The maximum Gasteiger partial charge on any atom is 0.326 e. The second kappa shape index (κ2) is 53.0. The molecule has 0 spiro atoms. The zero-order chi connectivity index (χ0) is 93.4. The Kier molecular flexibility index (Phi) is 46.6. The summed E-state index contributed by atoms with van der Waals surface area (Å²) in [6.07, 6.45) is -13.6. The summed E-state index contributed by atoms with van der Waals surface area (Å²) in [5.41, 5.74) is 27.6. The van der Waals surface area contributed by atoms with Gasteiger partial charge >= 0.3 is 23.9 Å². The van der Waals surface area contributed by atoms with Gasteiger partial charge < -0.3 is 144 Å². The molecular formula is C73H115N19O30. The van der Waals surface area contributed by atoms with Crippen LogP contribution >= 0.6 is 0 Å². The van der Waals surface area contributed by atoms with Gasteiger partial charge in [0.2, 0.25) is 106 Å². The average molecular weight is 1740 g/mol. The molecule has 0 aromatic heterocycles. The molecule has 18 amide bonds. The first-order valence-corrected chi connectivity index (χ1v) is 38.6. The lowest BCUT2D eigenvalue weighted by atomic mass is 9.94. The van der Waals surface area contributed by atoms with Gasteiger partial charge in [-0.1, -0.05) is 72.9 Å². The minimum absolute atomic E-state index is 0.0893. The van der Waals surface area contributed by atoms with Crippen molar-refractivity contribution in [1.82, 2.24) is 74.4 Å². The van der Waals surface area contributed by atoms with E-state index < -0.39 is 328 Å². The first-order valence-electron chi connectivity index (χ1n) is 38.6. The molecule has 49 heteroatoms. The summed E-state index contributed by atoms with van der Waals surface area (Å²) < 4.78 is 0. The number of benzene rings is 1. The molecule has 49 nitrogen and oxygen atoms in total. The molecule has 122 heavy (non-hydrogen) atoms. The van der Waals surface area contributed by atoms with E-state index in [0.717, 1.165) is 6.92 Å². The van der Waals surface area contributed by atoms with Crippen LogP contribution < -0.4 is 103 Å². The number of aromatic hydroxyl groups is 1. The Labute approximate surface area is 698 Å². The first-order chi connectivity index (χ1) is 56.8. The van der Waals surface area contributed by atoms with Crippen molar-refractivity contribution in [3.63, 3.8) is 0 Å². The van der Waals surface area contributed by atoms with Crippen LogP contribution in [-0.2, 0) is 112 Å². The number of carboxylic acid groups (broad SMARTS) is 4. The van der Waals surface area contributed by atoms with E-state index in [4.69, 9.17) is 28.7 Å². The molecule has 0 heterocycles. The Hall–Kier alpha value is -12.8. The third kappa shape index (κ3) is 38.5. The molecule has 1 aromatic carbocycles. The van der Waals surface area contributed by atoms with E-state index in [0.29, 0.717) is 5.56 Å². The Balaban J connectivity index is 3.73. The number of amides is 18. The Morgan fingerprint density at radius 3 is 0.943 bits per heavy atom. The lowest BCUT2D eigenvalue weighted by Gasteiger charge is -2.30. The van der Waals surface area contributed by atoms with Gasteiger partial charge in [-0.15, -0.1) is 0 Å². The number of rotatable bonds is 58. The molecule has 0 bridgehead atoms. The zero-order valence-electron chi connectivity index (χ0n) is 68.6. The minimum Gasteiger partial charge on any atom is -0.508 e. The molecule has 0 aliphatic rings. The molecule has 0 aliphatic carbocycles. The van der Waals surface area contributed by atoms with Crippen molar-refractivity contribution in [1.29, 1.82) is 0 Å². The minimum atomic E-state index is -2.28. The van der Waals surface area contributed by atoms with Gasteiger partial charge in [-0.2, -0.15) is 0 Å². The number of hydrogen-bond acceptors (Lipinski definition) is 27. The highest BCUT2D eigenvalue weighted by Gasteiger charge is 2.42. The molecule has 20 atom stereocenters. The first kappa shape index (κ1) is 107. The SMILES string of the molecule is CC[C@H](C)[C@H](NC(=O)[C@H](CCC(=O)O)NC(=O)[C@H](CCC(N)=O)NC(=O)[C@H](CCC(=O)O)NC(=O)[C@@H](NC(=O)[C@H](CCC(N)=O)NC(=O)[C@H](CC(N)=O)NC(=O)[C@H](CC(N)=O)NC(=O)[C@H](CC(=O)O)NC(=O)[C@@H](NC(=O)[C@@H](NC(=O)[C@@H](C)NC(=O)[C@@H](N)[C@@H](C)O)[C@@H](C)CC)[C@@H](C)CC)[C@@H](C)O)C(=O)N[C@@H](CO)C(=O)N[C@@H](Cc1ccc(O)cc1)C(=O)O. The number of carboxylic acids is 4. The number of aliphatic hydroxyl groups is 3. The van der Waals surface area contributed by atoms with E-state index in [-0.39, 0.29) is 31.4 Å². The largest absolute Gasteiger partial charge is 0.508 e. The number of phenolic OH excluding ortho intramolecular Hbond substituents is 1. The van der Waals surface area contributed by atoms with Crippen molar-refractivity contribution in [2.75, 3.05) is 6.61 Å². The Bertz CT molecular complexity index is 3910. The molecule has 0 radical (unpaired) electrons. The molecule has 0 unspecified atom stereocenters. The summed E-state index contributed by atoms with van der Waals surface area (Å²) in [7, 11) is 0. The fraction of sp³-hybridized carbons (Fsp3) is 0.616. The lowest BCUT2D eigenvalue weighted by Crippen LogP contribution is -2.63. The van der Waals surface area contributed by atoms with E-state index in [1.165, 1.54) is 52.0 Å². The van der Waals surface area contributed by atoms with Crippen molar-refractivity contribution in [3.05, 3.63) is 29.8 Å². The summed E-state index contributed by atoms with van der Waals surface area (Å²) in [5, 5.41) is 111. The van der Waals surface area contributed by atoms with Crippen LogP contribution in [0.3, 0.4) is 0 Å². The smallest absolute Gasteiger partial charge is 0.326 e. The highest BCUT2D eigenvalue weighted by molar-refractivity contribution is 6.03. The van der Waals surface area contributed by atoms with E-state index in [9.17, 15) is 146 Å². The number of hydrogen-bond donors (Lipinski definition) is 27. The maximum absolute atomic E-state index is 14.3. The number of aliphatic carboxylic acids is 4. The van der Waals surface area contributed by atoms with E-state index in [1.807, 2.05) is 16.0 Å². The van der Waals surface area contributed by atoms with Gasteiger partial charge in [-0.05, 0) is 81.9 Å². The number of carbonyl (C=O) groups excluding carboxylic acids is 18. The summed E-state index contributed by atoms with van der Waals surface area (Å²) >= 11 is 0. The van der Waals surface area contributed by atoms with Crippen LogP contribution in [0.5, 0.6) is 5.75 Å². The topological polar surface area (TPSA) is 836 Å². The molecule has 682 valence electrons. The molecule has 0 saturated carbocycles. The molecular weight excluding hydrogens is 1620 g/mol. The third-order valence-corrected chi connectivity index (χ3v) is 19.1. The summed E-state index contributed by atoms with van der Waals surface area (Å²) in [6.45, 7) is 11.5. The second-order valence-corrected chi connectivity index (χ2v) is 29.1. The highest BCUT2D eigenvalue weighted by Crippen LogP contribution is 2.18. The number of aliphatic hydroxyl groups excluding tert-OH is 3. The lowest BCUT2D eigenvalue weighted by molar-refractivity contribution is -0.143. The number of phenols is 1. The predicted molar refractivity (Wildman–Crippen MR) is 419 cm³/mol. The van der Waals surface area contributed by atoms with Crippen LogP contribution in [0.25, 0.3) is 0 Å². The number of carbonyl (C=O) groups is 22. The van der Waals surface area contributed by atoms with Crippen LogP contribution in [0, 0.1) is 17.8 Å². The van der Waals surface area contributed by atoms with Gasteiger partial charge in [0.1, 0.15) is 96.4 Å². The molecule has 1 rings (SSSR count). The summed E-state index contributed by atoms with van der Waals surface area (Å²) in [4.78, 5) is 293. The highest BCUT2D eigenvalue weighted by atomic mass is 16.4. The van der Waals surface area contributed by atoms with E-state index in [2.05, 4.69) is 58.5 Å². The van der Waals surface area contributed by atoms with Crippen molar-refractivity contribution in [2.45, 2.75) is 261 Å². The van der Waals surface area contributed by atoms with Crippen LogP contribution in [0.15, 0.2) is 24.3 Å². The maximum atomic E-state index is 14.3. The van der Waals surface area contributed by atoms with Crippen molar-refractivity contribution < 1.29 is 146 Å². The van der Waals surface area contributed by atoms with Gasteiger partial charge in [0.15, 0.2) is 0 Å². The Morgan fingerprint density at radius 2 is 0.607 bits per heavy atom. The fourth-order valence-corrected chi connectivity index (χ4v) is 11.2. The normalized spacial score (nSPS) is 16.0. The molecule has 0 aliphatic heterocycles. The third-order valence-electron chi connectivity index (χ3n) is 19.1. The molecule has 32 N–H and O–H groups in total. The summed E-state index contributed by atoms with van der Waals surface area (Å²) in [6, 6.07) is -23.0. The van der Waals surface area contributed by atoms with Gasteiger partial charge in [0.25, 0.3) is 0 Å². The monoisotopic (exact) mass is 1740 g/mol. The number of nitrogens with two attached hydrogens (primary N) is 5. The van der Waals surface area contributed by atoms with Crippen molar-refractivity contribution in [3.8, 4) is 5.75 Å². The second-order valence-electron chi connectivity index (χ2n) is 29.1. The average Bonchev–Trinajstić information content (AvgIpc) is 0.845. The van der Waals surface area contributed by atoms with E-state index >= 15 is 0 Å². The standard InChI is InChI=1S/C73H115N19O30/c1-10-30(4)55(70(118)88-46(29-93)67(115)87-45(73(121)122)25-36-13-15-37(96)16-14-36)90-62(110)41(20-24-52(103)104)81-60(108)38(17-21-47(74)97)80-61(109)40(19-23-51(101)102)83-72(120)58(35(9)95)92-63(111)39(18-22-48(75)98)82-64(112)42(26-49(76)99)84-65(113)43(27-50(77)100)85-66(114)44(28-53(105)106)86-69(117)56(31(5)11-2)91-71(119)57(32(6)12-3)89-59(107)33(7)79-68(116)54(78)34(8)94/h13-16,30-35,38-46,54-58,93-96H,10-12,17-29,78H2,1-9H3,(H2,74,97)(H2,75,98)(H2,76,99)(H2,77,100)(H,79,116)(H,80,109)(H,81,108)(H,82,112)(H,83,120)(H,84,113)(H,85,114)(H,86,117)(H,87,115)(H,88,118)(H,89,107)(H,90,110)(H,91,119)(H,92,111)(H,101,102)(H,103,104)(H,105,106)(H,121,122)/t30-,31-,32-,33+,34+,35+,38-,39-,40-,41-,42-,43-,44-,45-,46-,54-,55-,56-,57-,58-/m0/s1. The molecule has 0 fully saturated rings. The van der Waals surface area contributed by atoms with Crippen LogP contribution in [-0.4, -0.2) is 281 Å². The molecule has 1 aromatic rings. The van der Waals surface area contributed by atoms with Crippen molar-refractivity contribution >= 4 is 130 Å². The molecule has 0 saturated heterocycles. The van der Waals surface area contributed by atoms with Gasteiger partial charge in [-0.3, -0.25) is 101 Å². The number of nitrogens with one attached hydrogen (secondary N) is 14. The van der Waals surface area contributed by atoms with Gasteiger partial charge in [-0.25, -0.2) is 4.79 Å². The quantitative estimate of drug-likeness (QED) is 0.0288. The Morgan fingerprint density at radius 1 is 0.320 bits per heavy atom. The predicted octanol–water partition coefficient (Wildman–Crippen LogP) is -10.5. The van der Waals surface area contributed by atoms with Crippen LogP contribution in [0.1, 0.15) is 158 Å². The van der Waals surface area contributed by atoms with E-state index in [1.54, 1.807) is 27.7 Å². The zero-order valence-corrected chi connectivity index (χ0v) is 68.6. The summed E-state index contributed by atoms with van der Waals surface area (Å²) in [5.74, 6) is -32.2. The van der Waals surface area contributed by atoms with Crippen molar-refractivity contribution in [2.24, 2.45) is 46.4 Å². The van der Waals surface area contributed by atoms with Gasteiger partial charge in [0, 0.05) is 32.1 Å².